The minimum Gasteiger partial charge on any atom is -0.365 e. The summed E-state index contributed by atoms with van der Waals surface area (Å²) in [4.78, 5) is 22.5. The molecule has 1 aromatic rings. The van der Waals surface area contributed by atoms with Gasteiger partial charge in [0.25, 0.3) is 5.91 Å². The third-order valence-corrected chi connectivity index (χ3v) is 5.10. The number of piperazine rings is 1. The molecule has 0 unspecified atom stereocenters. The molecular weight excluding hydrogens is 347 g/mol. The number of ether oxygens (including phenoxy) is 1. The quantitative estimate of drug-likeness (QED) is 0.739. The predicted octanol–water partition coefficient (Wildman–Crippen LogP) is 1.09. The topological polar surface area (TPSA) is 48.9 Å². The van der Waals surface area contributed by atoms with E-state index in [9.17, 15) is 9.18 Å². The van der Waals surface area contributed by atoms with Gasteiger partial charge in [-0.15, -0.1) is 0 Å². The first kappa shape index (κ1) is 19.7. The largest absolute Gasteiger partial charge is 0.365 e. The van der Waals surface area contributed by atoms with Crippen LogP contribution in [0.25, 0.3) is 0 Å². The summed E-state index contributed by atoms with van der Waals surface area (Å²) in [5, 5.41) is 0. The molecule has 3 rings (SSSR count). The van der Waals surface area contributed by atoms with Crippen molar-refractivity contribution in [3.8, 4) is 11.8 Å². The number of hydrogen-bond donors (Lipinski definition) is 0. The number of piperidine rings is 1. The van der Waals surface area contributed by atoms with Gasteiger partial charge in [-0.25, -0.2) is 4.39 Å². The van der Waals surface area contributed by atoms with Crippen molar-refractivity contribution >= 4 is 5.91 Å². The van der Waals surface area contributed by atoms with Crippen LogP contribution in [-0.4, -0.2) is 91.2 Å². The summed E-state index contributed by atoms with van der Waals surface area (Å²) in [7, 11) is 2.14. The molecule has 2 saturated heterocycles. The number of likely N-dealkylation sites (tertiary alicyclic amines) is 1. The highest BCUT2D eigenvalue weighted by Crippen LogP contribution is 2.16. The lowest BCUT2D eigenvalue weighted by Crippen LogP contribution is -2.44. The van der Waals surface area contributed by atoms with Crippen molar-refractivity contribution in [1.82, 2.24) is 19.7 Å². The first-order chi connectivity index (χ1) is 13.1. The molecular formula is C20H27FN4O2. The van der Waals surface area contributed by atoms with E-state index in [1.54, 1.807) is 4.90 Å². The number of carbonyl (C=O) groups is 1. The van der Waals surface area contributed by atoms with Gasteiger partial charge < -0.3 is 14.5 Å². The summed E-state index contributed by atoms with van der Waals surface area (Å²) in [5.74, 6) is 5.62. The highest BCUT2D eigenvalue weighted by molar-refractivity contribution is 5.93. The Labute approximate surface area is 160 Å². The van der Waals surface area contributed by atoms with Crippen molar-refractivity contribution in [2.24, 2.45) is 0 Å². The molecule has 146 valence electrons. The van der Waals surface area contributed by atoms with Crippen LogP contribution in [0, 0.1) is 17.7 Å². The second kappa shape index (κ2) is 9.79. The highest BCUT2D eigenvalue weighted by atomic mass is 19.1. The molecule has 0 saturated carbocycles. The van der Waals surface area contributed by atoms with Crippen LogP contribution in [0.5, 0.6) is 0 Å². The van der Waals surface area contributed by atoms with E-state index in [2.05, 4.69) is 33.7 Å². The van der Waals surface area contributed by atoms with Crippen LogP contribution in [0.1, 0.15) is 23.2 Å². The molecule has 0 N–H and O–H groups in total. The molecule has 0 radical (unpaired) electrons. The van der Waals surface area contributed by atoms with Crippen molar-refractivity contribution in [1.29, 1.82) is 0 Å². The van der Waals surface area contributed by atoms with E-state index >= 15 is 0 Å². The summed E-state index contributed by atoms with van der Waals surface area (Å²) in [5.41, 5.74) is 0.296. The minimum atomic E-state index is -0.491. The summed E-state index contributed by atoms with van der Waals surface area (Å²) in [6.07, 6.45) is 4.17. The van der Waals surface area contributed by atoms with Gasteiger partial charge in [-0.2, -0.15) is 0 Å². The Morgan fingerprint density at radius 1 is 1.19 bits per heavy atom. The van der Waals surface area contributed by atoms with Crippen molar-refractivity contribution in [3.63, 3.8) is 0 Å². The molecule has 2 aliphatic heterocycles. The zero-order valence-electron chi connectivity index (χ0n) is 15.9. The van der Waals surface area contributed by atoms with E-state index < -0.39 is 5.82 Å². The first-order valence-corrected chi connectivity index (χ1v) is 9.50. The van der Waals surface area contributed by atoms with Crippen LogP contribution in [-0.2, 0) is 4.74 Å². The van der Waals surface area contributed by atoms with E-state index in [1.807, 2.05) is 0 Å². The molecule has 0 bridgehead atoms. The van der Waals surface area contributed by atoms with E-state index in [0.29, 0.717) is 25.3 Å². The maximum Gasteiger partial charge on any atom is 0.255 e. The molecule has 2 aliphatic rings. The van der Waals surface area contributed by atoms with Crippen LogP contribution >= 0.6 is 0 Å². The van der Waals surface area contributed by atoms with Gasteiger partial charge in [0.1, 0.15) is 12.4 Å². The fraction of sp³-hybridized carbons (Fsp3) is 0.600. The molecule has 0 atom stereocenters. The Morgan fingerprint density at radius 3 is 2.63 bits per heavy atom. The molecule has 1 amide bonds. The van der Waals surface area contributed by atoms with Crippen LogP contribution in [0.2, 0.25) is 0 Å². The first-order valence-electron chi connectivity index (χ1n) is 9.50. The standard InChI is InChI=1S/C20H27FN4O2/c1-23-9-11-24(12-10-23)6-2-3-13-27-19-4-7-25(8-5-19)20(26)17-14-18(21)16-22-15-17/h14-16,19H,4-13H2,1H3. The van der Waals surface area contributed by atoms with Gasteiger partial charge in [0, 0.05) is 45.5 Å². The number of hydrogen-bond acceptors (Lipinski definition) is 5. The lowest BCUT2D eigenvalue weighted by atomic mass is 10.1. The van der Waals surface area contributed by atoms with Crippen molar-refractivity contribution < 1.29 is 13.9 Å². The lowest BCUT2D eigenvalue weighted by molar-refractivity contribution is 0.0230. The summed E-state index contributed by atoms with van der Waals surface area (Å²) in [6, 6.07) is 1.23. The second-order valence-corrected chi connectivity index (χ2v) is 7.13. The average Bonchev–Trinajstić information content (AvgIpc) is 2.69. The predicted molar refractivity (Wildman–Crippen MR) is 101 cm³/mol. The fourth-order valence-electron chi connectivity index (χ4n) is 3.32. The van der Waals surface area contributed by atoms with Crippen LogP contribution < -0.4 is 0 Å². The molecule has 3 heterocycles. The van der Waals surface area contributed by atoms with Gasteiger partial charge in [-0.3, -0.25) is 14.7 Å². The van der Waals surface area contributed by atoms with Gasteiger partial charge in [0.2, 0.25) is 0 Å². The van der Waals surface area contributed by atoms with Gasteiger partial charge in [-0.05, 0) is 26.0 Å². The molecule has 0 aliphatic carbocycles. The lowest BCUT2D eigenvalue weighted by Gasteiger charge is -2.31. The molecule has 7 heteroatoms. The zero-order chi connectivity index (χ0) is 19.1. The summed E-state index contributed by atoms with van der Waals surface area (Å²) >= 11 is 0. The fourth-order valence-corrected chi connectivity index (χ4v) is 3.32. The van der Waals surface area contributed by atoms with Gasteiger partial charge >= 0.3 is 0 Å². The van der Waals surface area contributed by atoms with Gasteiger partial charge in [-0.1, -0.05) is 11.8 Å². The van der Waals surface area contributed by atoms with E-state index in [1.165, 1.54) is 12.3 Å². The Kier molecular flexibility index (Phi) is 7.16. The van der Waals surface area contributed by atoms with E-state index in [4.69, 9.17) is 4.74 Å². The monoisotopic (exact) mass is 374 g/mol. The molecule has 0 aromatic carbocycles. The van der Waals surface area contributed by atoms with Crippen LogP contribution in [0.3, 0.4) is 0 Å². The number of amides is 1. The number of halogens is 1. The van der Waals surface area contributed by atoms with Crippen molar-refractivity contribution in [2.75, 3.05) is 59.5 Å². The Hall–Kier alpha value is -2.01. The van der Waals surface area contributed by atoms with Gasteiger partial charge in [0.05, 0.1) is 24.4 Å². The smallest absolute Gasteiger partial charge is 0.255 e. The van der Waals surface area contributed by atoms with Crippen LogP contribution in [0.15, 0.2) is 18.5 Å². The third-order valence-electron chi connectivity index (χ3n) is 5.10. The number of nitrogens with zero attached hydrogens (tertiary/aromatic N) is 4. The van der Waals surface area contributed by atoms with Crippen LogP contribution in [0.4, 0.5) is 4.39 Å². The van der Waals surface area contributed by atoms with E-state index in [-0.39, 0.29) is 12.0 Å². The summed E-state index contributed by atoms with van der Waals surface area (Å²) in [6.45, 7) is 6.77. The third kappa shape index (κ3) is 5.99. The highest BCUT2D eigenvalue weighted by Gasteiger charge is 2.24. The van der Waals surface area contributed by atoms with Crippen molar-refractivity contribution in [2.45, 2.75) is 18.9 Å². The maximum absolute atomic E-state index is 13.2. The van der Waals surface area contributed by atoms with Gasteiger partial charge in [0.15, 0.2) is 0 Å². The normalized spacial score (nSPS) is 19.6. The average molecular weight is 374 g/mol. The Balaban J connectivity index is 1.34. The molecule has 27 heavy (non-hydrogen) atoms. The minimum absolute atomic E-state index is 0.123. The summed E-state index contributed by atoms with van der Waals surface area (Å²) < 4.78 is 19.1. The van der Waals surface area contributed by atoms with Crippen molar-refractivity contribution in [3.05, 3.63) is 29.8 Å². The molecule has 1 aromatic heterocycles. The molecule has 0 spiro atoms. The number of carbonyl (C=O) groups excluding carboxylic acids is 1. The Bertz CT molecular complexity index is 687. The SMILES string of the molecule is CN1CCN(CC#CCOC2CCN(C(=O)c3cncc(F)c3)CC2)CC1. The Morgan fingerprint density at radius 2 is 1.93 bits per heavy atom. The molecule has 2 fully saturated rings. The maximum atomic E-state index is 13.2. The zero-order valence-corrected chi connectivity index (χ0v) is 15.9. The number of pyridine rings is 1. The number of aromatic nitrogens is 1. The number of likely N-dealkylation sites (N-methyl/N-ethyl adjacent to an activating group) is 1. The number of rotatable bonds is 4. The van der Waals surface area contributed by atoms with E-state index in [0.717, 1.165) is 51.8 Å². The molecule has 6 nitrogen and oxygen atoms in total. The second-order valence-electron chi connectivity index (χ2n) is 7.13.